The molecule has 0 spiro atoms. The van der Waals surface area contributed by atoms with Gasteiger partial charge in [0.2, 0.25) is 0 Å². The van der Waals surface area contributed by atoms with Crippen LogP contribution in [0.5, 0.6) is 5.75 Å². The monoisotopic (exact) mass is 360 g/mol. The molecule has 0 saturated carbocycles. The van der Waals surface area contributed by atoms with Crippen molar-refractivity contribution in [2.75, 3.05) is 4.90 Å². The maximum absolute atomic E-state index is 13.2. The standard InChI is InChI=1S/C23H24N2O2/c1-17-12-13-21(15-18(17)2)27-19(3)23(26)25(22-11-7-8-14-24-22)16-20-9-5-4-6-10-20/h4-15,19H,16H2,1-3H3. The van der Waals surface area contributed by atoms with Gasteiger partial charge in [0.1, 0.15) is 11.6 Å². The Kier molecular flexibility index (Phi) is 5.87. The molecule has 0 aliphatic heterocycles. The Bertz CT molecular complexity index is 895. The highest BCUT2D eigenvalue weighted by molar-refractivity contribution is 5.95. The molecule has 2 aromatic carbocycles. The summed E-state index contributed by atoms with van der Waals surface area (Å²) in [6.45, 7) is 6.30. The highest BCUT2D eigenvalue weighted by Crippen LogP contribution is 2.20. The average molecular weight is 360 g/mol. The molecule has 4 heteroatoms. The van der Waals surface area contributed by atoms with E-state index >= 15 is 0 Å². The van der Waals surface area contributed by atoms with Crippen molar-refractivity contribution in [3.8, 4) is 5.75 Å². The van der Waals surface area contributed by atoms with E-state index in [1.165, 1.54) is 5.56 Å². The molecular weight excluding hydrogens is 336 g/mol. The summed E-state index contributed by atoms with van der Waals surface area (Å²) < 4.78 is 5.93. The van der Waals surface area contributed by atoms with Gasteiger partial charge in [-0.2, -0.15) is 0 Å². The molecule has 0 aliphatic rings. The predicted molar refractivity (Wildman–Crippen MR) is 108 cm³/mol. The van der Waals surface area contributed by atoms with E-state index in [0.29, 0.717) is 18.1 Å². The number of aryl methyl sites for hydroxylation is 2. The van der Waals surface area contributed by atoms with Crippen molar-refractivity contribution < 1.29 is 9.53 Å². The average Bonchev–Trinajstić information content (AvgIpc) is 2.70. The van der Waals surface area contributed by atoms with E-state index in [2.05, 4.69) is 11.9 Å². The minimum Gasteiger partial charge on any atom is -0.481 e. The Morgan fingerprint density at radius 1 is 1.00 bits per heavy atom. The van der Waals surface area contributed by atoms with Crippen molar-refractivity contribution >= 4 is 11.7 Å². The van der Waals surface area contributed by atoms with Crippen LogP contribution in [0.25, 0.3) is 0 Å². The number of ether oxygens (including phenoxy) is 1. The van der Waals surface area contributed by atoms with Crippen LogP contribution in [0, 0.1) is 13.8 Å². The van der Waals surface area contributed by atoms with Gasteiger partial charge in [-0.05, 0) is 61.7 Å². The molecule has 3 rings (SSSR count). The maximum Gasteiger partial charge on any atom is 0.269 e. The van der Waals surface area contributed by atoms with E-state index < -0.39 is 6.10 Å². The number of hydrogen-bond acceptors (Lipinski definition) is 3. The molecule has 1 amide bonds. The number of anilines is 1. The third-order valence-corrected chi connectivity index (χ3v) is 4.51. The number of rotatable bonds is 6. The van der Waals surface area contributed by atoms with Crippen molar-refractivity contribution in [2.45, 2.75) is 33.4 Å². The van der Waals surface area contributed by atoms with Gasteiger partial charge in [0.25, 0.3) is 5.91 Å². The predicted octanol–water partition coefficient (Wildman–Crippen LogP) is 4.70. The second kappa shape index (κ2) is 8.49. The summed E-state index contributed by atoms with van der Waals surface area (Å²) in [6.07, 6.45) is 1.06. The second-order valence-electron chi connectivity index (χ2n) is 6.60. The normalized spacial score (nSPS) is 11.7. The number of pyridine rings is 1. The summed E-state index contributed by atoms with van der Waals surface area (Å²) in [4.78, 5) is 19.2. The zero-order chi connectivity index (χ0) is 19.2. The van der Waals surface area contributed by atoms with Gasteiger partial charge >= 0.3 is 0 Å². The van der Waals surface area contributed by atoms with Crippen LogP contribution >= 0.6 is 0 Å². The van der Waals surface area contributed by atoms with Crippen LogP contribution in [0.15, 0.2) is 72.9 Å². The van der Waals surface area contributed by atoms with Crippen molar-refractivity contribution in [1.82, 2.24) is 4.98 Å². The van der Waals surface area contributed by atoms with Crippen molar-refractivity contribution in [3.05, 3.63) is 89.6 Å². The summed E-state index contributed by atoms with van der Waals surface area (Å²) in [6, 6.07) is 21.3. The Labute approximate surface area is 160 Å². The zero-order valence-corrected chi connectivity index (χ0v) is 15.9. The number of amides is 1. The quantitative estimate of drug-likeness (QED) is 0.640. The van der Waals surface area contributed by atoms with Gasteiger partial charge in [0.05, 0.1) is 6.54 Å². The summed E-state index contributed by atoms with van der Waals surface area (Å²) >= 11 is 0. The van der Waals surface area contributed by atoms with E-state index in [-0.39, 0.29) is 5.91 Å². The molecule has 4 nitrogen and oxygen atoms in total. The molecule has 138 valence electrons. The fourth-order valence-electron chi connectivity index (χ4n) is 2.81. The summed E-state index contributed by atoms with van der Waals surface area (Å²) in [5.41, 5.74) is 3.37. The summed E-state index contributed by atoms with van der Waals surface area (Å²) in [5.74, 6) is 1.18. The van der Waals surface area contributed by atoms with Gasteiger partial charge in [0.15, 0.2) is 6.10 Å². The first-order valence-corrected chi connectivity index (χ1v) is 9.05. The molecule has 1 heterocycles. The number of nitrogens with zero attached hydrogens (tertiary/aromatic N) is 2. The minimum absolute atomic E-state index is 0.129. The molecule has 1 aromatic heterocycles. The van der Waals surface area contributed by atoms with E-state index in [0.717, 1.165) is 11.1 Å². The Morgan fingerprint density at radius 3 is 2.41 bits per heavy atom. The topological polar surface area (TPSA) is 42.4 Å². The second-order valence-corrected chi connectivity index (χ2v) is 6.60. The fraction of sp³-hybridized carbons (Fsp3) is 0.217. The van der Waals surface area contributed by atoms with E-state index in [9.17, 15) is 4.79 Å². The SMILES string of the molecule is Cc1ccc(OC(C)C(=O)N(Cc2ccccc2)c2ccccn2)cc1C. The molecule has 0 bridgehead atoms. The number of aromatic nitrogens is 1. The summed E-state index contributed by atoms with van der Waals surface area (Å²) in [7, 11) is 0. The van der Waals surface area contributed by atoms with Crippen LogP contribution in [0.4, 0.5) is 5.82 Å². The van der Waals surface area contributed by atoms with Crippen LogP contribution in [-0.2, 0) is 11.3 Å². The lowest BCUT2D eigenvalue weighted by Crippen LogP contribution is -2.40. The van der Waals surface area contributed by atoms with Gasteiger partial charge < -0.3 is 4.74 Å². The number of hydrogen-bond donors (Lipinski definition) is 0. The molecule has 0 radical (unpaired) electrons. The maximum atomic E-state index is 13.2. The molecule has 0 aliphatic carbocycles. The fourth-order valence-corrected chi connectivity index (χ4v) is 2.81. The van der Waals surface area contributed by atoms with Crippen LogP contribution < -0.4 is 9.64 Å². The van der Waals surface area contributed by atoms with Crippen LogP contribution in [0.3, 0.4) is 0 Å². The molecule has 0 N–H and O–H groups in total. The van der Waals surface area contributed by atoms with Crippen molar-refractivity contribution in [3.63, 3.8) is 0 Å². The lowest BCUT2D eigenvalue weighted by Gasteiger charge is -2.25. The Balaban J connectivity index is 1.82. The van der Waals surface area contributed by atoms with Crippen LogP contribution in [-0.4, -0.2) is 17.0 Å². The molecule has 0 fully saturated rings. The molecule has 1 atom stereocenters. The van der Waals surface area contributed by atoms with Crippen LogP contribution in [0.1, 0.15) is 23.6 Å². The first kappa shape index (κ1) is 18.6. The smallest absolute Gasteiger partial charge is 0.269 e. The highest BCUT2D eigenvalue weighted by atomic mass is 16.5. The third kappa shape index (κ3) is 4.73. The molecule has 3 aromatic rings. The Morgan fingerprint density at radius 2 is 1.74 bits per heavy atom. The van der Waals surface area contributed by atoms with Crippen molar-refractivity contribution in [1.29, 1.82) is 0 Å². The number of carbonyl (C=O) groups excluding carboxylic acids is 1. The zero-order valence-electron chi connectivity index (χ0n) is 15.9. The molecule has 1 unspecified atom stereocenters. The lowest BCUT2D eigenvalue weighted by molar-refractivity contribution is -0.124. The van der Waals surface area contributed by atoms with Gasteiger partial charge in [-0.15, -0.1) is 0 Å². The van der Waals surface area contributed by atoms with Gasteiger partial charge in [0, 0.05) is 6.20 Å². The molecule has 0 saturated heterocycles. The van der Waals surface area contributed by atoms with Crippen LogP contribution in [0.2, 0.25) is 0 Å². The summed E-state index contributed by atoms with van der Waals surface area (Å²) in [5, 5.41) is 0. The van der Waals surface area contributed by atoms with Gasteiger partial charge in [-0.3, -0.25) is 9.69 Å². The first-order valence-electron chi connectivity index (χ1n) is 9.05. The highest BCUT2D eigenvalue weighted by Gasteiger charge is 2.24. The van der Waals surface area contributed by atoms with Gasteiger partial charge in [-0.1, -0.05) is 42.5 Å². The minimum atomic E-state index is -0.627. The largest absolute Gasteiger partial charge is 0.481 e. The molecule has 27 heavy (non-hydrogen) atoms. The molecular formula is C23H24N2O2. The Hall–Kier alpha value is -3.14. The third-order valence-electron chi connectivity index (χ3n) is 4.51. The van der Waals surface area contributed by atoms with E-state index in [4.69, 9.17) is 4.74 Å². The van der Waals surface area contributed by atoms with Gasteiger partial charge in [-0.25, -0.2) is 4.98 Å². The van der Waals surface area contributed by atoms with E-state index in [1.807, 2.05) is 73.7 Å². The number of carbonyl (C=O) groups is 1. The van der Waals surface area contributed by atoms with Crippen molar-refractivity contribution in [2.24, 2.45) is 0 Å². The lowest BCUT2D eigenvalue weighted by atomic mass is 10.1. The first-order chi connectivity index (χ1) is 13.0. The number of benzene rings is 2. The van der Waals surface area contributed by atoms with E-state index in [1.54, 1.807) is 18.0 Å².